The lowest BCUT2D eigenvalue weighted by atomic mass is 10.0. The molecule has 0 unspecified atom stereocenters. The number of carbonyl (C=O) groups excluding carboxylic acids is 1. The smallest absolute Gasteiger partial charge is 0.367 e. The first-order chi connectivity index (χ1) is 15.2. The van der Waals surface area contributed by atoms with Crippen molar-refractivity contribution in [3.63, 3.8) is 0 Å². The lowest BCUT2D eigenvalue weighted by Crippen LogP contribution is -2.34. The Morgan fingerprint density at radius 3 is 2.56 bits per heavy atom. The standard InChI is InChI=1S/C24H21ClF3N3O/c1-15(32)10-16-2-4-17(5-3-16)18-12-22-23(30-13-18)29-8-9-31(22)14-19-11-20(25)6-7-21(19)24(26,27)28/h2-7,11-13H,8-10,14H2,1H3,(H,29,30). The Morgan fingerprint density at radius 2 is 1.88 bits per heavy atom. The van der Waals surface area contributed by atoms with Crippen LogP contribution in [0.25, 0.3) is 11.1 Å². The zero-order valence-electron chi connectivity index (χ0n) is 17.3. The molecule has 0 spiro atoms. The summed E-state index contributed by atoms with van der Waals surface area (Å²) in [6.07, 6.45) is -2.35. The third-order valence-electron chi connectivity index (χ3n) is 5.36. The highest BCUT2D eigenvalue weighted by molar-refractivity contribution is 6.30. The van der Waals surface area contributed by atoms with Gasteiger partial charge >= 0.3 is 6.18 Å². The molecule has 2 heterocycles. The SMILES string of the molecule is CC(=O)Cc1ccc(-c2cnc3c(c2)N(Cc2cc(Cl)ccc2C(F)(F)F)CCN3)cc1. The van der Waals surface area contributed by atoms with Crippen molar-refractivity contribution in [3.8, 4) is 11.1 Å². The highest BCUT2D eigenvalue weighted by Crippen LogP contribution is 2.37. The number of nitrogens with one attached hydrogen (secondary N) is 1. The van der Waals surface area contributed by atoms with Gasteiger partial charge < -0.3 is 10.2 Å². The van der Waals surface area contributed by atoms with Crippen molar-refractivity contribution in [1.82, 2.24) is 4.98 Å². The number of Topliss-reactive ketones (excluding diaryl/α,β-unsaturated/α-hetero) is 1. The van der Waals surface area contributed by atoms with E-state index in [4.69, 9.17) is 11.6 Å². The minimum absolute atomic E-state index is 0.0623. The molecule has 0 aliphatic carbocycles. The van der Waals surface area contributed by atoms with Crippen LogP contribution in [0.4, 0.5) is 24.7 Å². The maximum absolute atomic E-state index is 13.5. The third kappa shape index (κ3) is 4.88. The Kier molecular flexibility index (Phi) is 6.11. The predicted molar refractivity (Wildman–Crippen MR) is 120 cm³/mol. The number of nitrogens with zero attached hydrogens (tertiary/aromatic N) is 2. The average molecular weight is 460 g/mol. The van der Waals surface area contributed by atoms with Crippen molar-refractivity contribution in [3.05, 3.63) is 76.4 Å². The Morgan fingerprint density at radius 1 is 1.12 bits per heavy atom. The molecular formula is C24H21ClF3N3O. The Balaban J connectivity index is 1.66. The van der Waals surface area contributed by atoms with Gasteiger partial charge in [0.25, 0.3) is 0 Å². The molecule has 0 amide bonds. The second-order valence-electron chi connectivity index (χ2n) is 7.82. The molecule has 32 heavy (non-hydrogen) atoms. The van der Waals surface area contributed by atoms with Gasteiger partial charge in [0, 0.05) is 42.8 Å². The van der Waals surface area contributed by atoms with Crippen LogP contribution in [0.2, 0.25) is 5.02 Å². The molecule has 0 atom stereocenters. The van der Waals surface area contributed by atoms with E-state index in [1.165, 1.54) is 12.1 Å². The van der Waals surface area contributed by atoms with Crippen molar-refractivity contribution < 1.29 is 18.0 Å². The average Bonchev–Trinajstić information content (AvgIpc) is 2.73. The zero-order valence-corrected chi connectivity index (χ0v) is 18.1. The van der Waals surface area contributed by atoms with E-state index in [1.807, 2.05) is 35.2 Å². The van der Waals surface area contributed by atoms with Gasteiger partial charge in [0.1, 0.15) is 11.6 Å². The molecule has 0 bridgehead atoms. The molecule has 0 saturated carbocycles. The first-order valence-electron chi connectivity index (χ1n) is 10.1. The van der Waals surface area contributed by atoms with Gasteiger partial charge in [-0.3, -0.25) is 4.79 Å². The lowest BCUT2D eigenvalue weighted by molar-refractivity contribution is -0.138. The van der Waals surface area contributed by atoms with E-state index < -0.39 is 11.7 Å². The first kappa shape index (κ1) is 22.1. The summed E-state index contributed by atoms with van der Waals surface area (Å²) in [5, 5.41) is 3.47. The normalized spacial score (nSPS) is 13.5. The summed E-state index contributed by atoms with van der Waals surface area (Å²) in [6, 6.07) is 13.2. The highest BCUT2D eigenvalue weighted by atomic mass is 35.5. The molecule has 166 valence electrons. The van der Waals surface area contributed by atoms with E-state index in [1.54, 1.807) is 13.1 Å². The summed E-state index contributed by atoms with van der Waals surface area (Å²) in [4.78, 5) is 17.7. The Labute approximate surface area is 189 Å². The van der Waals surface area contributed by atoms with Crippen LogP contribution < -0.4 is 10.2 Å². The fraction of sp³-hybridized carbons (Fsp3) is 0.250. The van der Waals surface area contributed by atoms with Crippen LogP contribution >= 0.6 is 11.6 Å². The number of anilines is 2. The van der Waals surface area contributed by atoms with Crippen LogP contribution in [0.3, 0.4) is 0 Å². The predicted octanol–water partition coefficient (Wildman–Crippen LogP) is 5.98. The molecule has 4 nitrogen and oxygen atoms in total. The summed E-state index contributed by atoms with van der Waals surface area (Å²) in [7, 11) is 0. The van der Waals surface area contributed by atoms with Crippen molar-refractivity contribution >= 4 is 28.9 Å². The molecule has 8 heteroatoms. The van der Waals surface area contributed by atoms with Crippen LogP contribution in [0, 0.1) is 0 Å². The molecule has 1 aliphatic rings. The van der Waals surface area contributed by atoms with Crippen molar-refractivity contribution in [2.24, 2.45) is 0 Å². The number of carbonyl (C=O) groups is 1. The van der Waals surface area contributed by atoms with Crippen molar-refractivity contribution in [1.29, 1.82) is 0 Å². The molecule has 1 N–H and O–H groups in total. The maximum atomic E-state index is 13.5. The third-order valence-corrected chi connectivity index (χ3v) is 5.59. The zero-order chi connectivity index (χ0) is 22.9. The second kappa shape index (κ2) is 8.82. The van der Waals surface area contributed by atoms with Gasteiger partial charge in [-0.1, -0.05) is 35.9 Å². The minimum Gasteiger partial charge on any atom is -0.367 e. The molecule has 1 aromatic heterocycles. The van der Waals surface area contributed by atoms with Gasteiger partial charge in [0.2, 0.25) is 0 Å². The minimum atomic E-state index is -4.46. The Bertz CT molecular complexity index is 1150. The summed E-state index contributed by atoms with van der Waals surface area (Å²) >= 11 is 6.00. The number of rotatable bonds is 5. The number of halogens is 4. The number of pyridine rings is 1. The number of benzene rings is 2. The van der Waals surface area contributed by atoms with Gasteiger partial charge in [0.15, 0.2) is 0 Å². The van der Waals surface area contributed by atoms with Gasteiger partial charge in [-0.2, -0.15) is 13.2 Å². The fourth-order valence-electron chi connectivity index (χ4n) is 3.86. The van der Waals surface area contributed by atoms with E-state index in [-0.39, 0.29) is 22.9 Å². The van der Waals surface area contributed by atoms with E-state index in [9.17, 15) is 18.0 Å². The topological polar surface area (TPSA) is 45.2 Å². The van der Waals surface area contributed by atoms with Gasteiger partial charge in [-0.25, -0.2) is 4.98 Å². The van der Waals surface area contributed by atoms with Gasteiger partial charge in [-0.05, 0) is 47.9 Å². The van der Waals surface area contributed by atoms with E-state index in [2.05, 4.69) is 10.3 Å². The summed E-state index contributed by atoms with van der Waals surface area (Å²) < 4.78 is 40.6. The molecular weight excluding hydrogens is 439 g/mol. The van der Waals surface area contributed by atoms with Crippen molar-refractivity contribution in [2.75, 3.05) is 23.3 Å². The number of fused-ring (bicyclic) bond motifs is 1. The monoisotopic (exact) mass is 459 g/mol. The van der Waals surface area contributed by atoms with Gasteiger partial charge in [0.05, 0.1) is 11.3 Å². The number of alkyl halides is 3. The fourth-order valence-corrected chi connectivity index (χ4v) is 4.05. The lowest BCUT2D eigenvalue weighted by Gasteiger charge is -2.32. The van der Waals surface area contributed by atoms with Crippen LogP contribution in [0.5, 0.6) is 0 Å². The largest absolute Gasteiger partial charge is 0.416 e. The van der Waals surface area contributed by atoms with E-state index in [0.717, 1.165) is 28.4 Å². The molecule has 4 rings (SSSR count). The number of hydrogen-bond donors (Lipinski definition) is 1. The number of ketones is 1. The summed E-state index contributed by atoms with van der Waals surface area (Å²) in [6.45, 7) is 2.71. The quantitative estimate of drug-likeness (QED) is 0.509. The van der Waals surface area contributed by atoms with Crippen LogP contribution in [-0.2, 0) is 23.9 Å². The molecule has 0 saturated heterocycles. The molecule has 0 radical (unpaired) electrons. The highest BCUT2D eigenvalue weighted by Gasteiger charge is 2.34. The van der Waals surface area contributed by atoms with E-state index >= 15 is 0 Å². The second-order valence-corrected chi connectivity index (χ2v) is 8.25. The maximum Gasteiger partial charge on any atom is 0.416 e. The van der Waals surface area contributed by atoms with Crippen LogP contribution in [0.15, 0.2) is 54.7 Å². The molecule has 2 aromatic carbocycles. The van der Waals surface area contributed by atoms with Crippen molar-refractivity contribution in [2.45, 2.75) is 26.1 Å². The number of aromatic nitrogens is 1. The van der Waals surface area contributed by atoms with Gasteiger partial charge in [-0.15, -0.1) is 0 Å². The first-order valence-corrected chi connectivity index (χ1v) is 10.5. The molecule has 1 aliphatic heterocycles. The van der Waals surface area contributed by atoms with Crippen LogP contribution in [0.1, 0.15) is 23.6 Å². The summed E-state index contributed by atoms with van der Waals surface area (Å²) in [5.74, 6) is 0.720. The van der Waals surface area contributed by atoms with Crippen LogP contribution in [-0.4, -0.2) is 23.9 Å². The molecule has 3 aromatic rings. The Hall–Kier alpha value is -3.06. The molecule has 0 fully saturated rings. The van der Waals surface area contributed by atoms with E-state index in [0.29, 0.717) is 25.3 Å². The summed E-state index contributed by atoms with van der Waals surface area (Å²) in [5.41, 5.74) is 2.85. The number of hydrogen-bond acceptors (Lipinski definition) is 4.